The molecule has 18 heavy (non-hydrogen) atoms. The van der Waals surface area contributed by atoms with Gasteiger partial charge in [-0.15, -0.1) is 11.3 Å². The molecule has 0 radical (unpaired) electrons. The zero-order valence-corrected chi connectivity index (χ0v) is 13.4. The molecule has 3 N–H and O–H groups in total. The second-order valence-corrected chi connectivity index (χ2v) is 8.89. The van der Waals surface area contributed by atoms with Gasteiger partial charge in [0.25, 0.3) is 0 Å². The molecule has 0 aliphatic heterocycles. The van der Waals surface area contributed by atoms with Crippen molar-refractivity contribution in [3.05, 3.63) is 14.7 Å². The molecule has 1 atom stereocenters. The molecule has 1 heterocycles. The molecule has 0 saturated heterocycles. The maximum atomic E-state index is 12.2. The maximum absolute atomic E-state index is 12.2. The highest BCUT2D eigenvalue weighted by Crippen LogP contribution is 2.35. The van der Waals surface area contributed by atoms with Crippen molar-refractivity contribution in [2.45, 2.75) is 43.7 Å². The summed E-state index contributed by atoms with van der Waals surface area (Å²) in [5.41, 5.74) is 5.53. The Balaban J connectivity index is 2.10. The summed E-state index contributed by atoms with van der Waals surface area (Å²) in [5, 5.41) is 0. The molecule has 1 aliphatic rings. The summed E-state index contributed by atoms with van der Waals surface area (Å²) in [5.74, 6) is 0.702. The minimum Gasteiger partial charge on any atom is -0.326 e. The number of nitrogens with one attached hydrogen (secondary N) is 1. The van der Waals surface area contributed by atoms with Crippen molar-refractivity contribution < 1.29 is 8.42 Å². The standard InChI is InChI=1S/C11H17BrN2O2S2/c1-7(4-8-2-3-8)14-18(15,16)10-5-9(6-13)17-11(10)12/h5,7-8,14H,2-4,6,13H2,1H3. The van der Waals surface area contributed by atoms with Gasteiger partial charge in [-0.3, -0.25) is 0 Å². The molecule has 1 saturated carbocycles. The van der Waals surface area contributed by atoms with Crippen LogP contribution in [0.15, 0.2) is 14.7 Å². The summed E-state index contributed by atoms with van der Waals surface area (Å²) in [7, 11) is -3.44. The van der Waals surface area contributed by atoms with Crippen molar-refractivity contribution in [1.82, 2.24) is 4.72 Å². The van der Waals surface area contributed by atoms with E-state index in [1.165, 1.54) is 24.2 Å². The number of hydrogen-bond donors (Lipinski definition) is 2. The van der Waals surface area contributed by atoms with E-state index in [-0.39, 0.29) is 6.04 Å². The molecule has 1 aromatic heterocycles. The van der Waals surface area contributed by atoms with E-state index in [2.05, 4.69) is 20.7 Å². The maximum Gasteiger partial charge on any atom is 0.242 e. The summed E-state index contributed by atoms with van der Waals surface area (Å²) in [4.78, 5) is 1.16. The largest absolute Gasteiger partial charge is 0.326 e. The van der Waals surface area contributed by atoms with E-state index >= 15 is 0 Å². The first-order chi connectivity index (χ1) is 8.42. The van der Waals surface area contributed by atoms with E-state index in [9.17, 15) is 8.42 Å². The van der Waals surface area contributed by atoms with Crippen molar-refractivity contribution in [2.75, 3.05) is 0 Å². The predicted octanol–water partition coefficient (Wildman–Crippen LogP) is 2.44. The summed E-state index contributed by atoms with van der Waals surface area (Å²) in [6, 6.07) is 1.62. The smallest absolute Gasteiger partial charge is 0.242 e. The molecule has 4 nitrogen and oxygen atoms in total. The van der Waals surface area contributed by atoms with Crippen LogP contribution in [0.5, 0.6) is 0 Å². The second-order valence-electron chi connectivity index (χ2n) is 4.76. The van der Waals surface area contributed by atoms with Gasteiger partial charge < -0.3 is 5.73 Å². The van der Waals surface area contributed by atoms with Gasteiger partial charge in [-0.05, 0) is 41.3 Å². The number of nitrogens with two attached hydrogens (primary N) is 1. The van der Waals surface area contributed by atoms with Crippen molar-refractivity contribution in [1.29, 1.82) is 0 Å². The van der Waals surface area contributed by atoms with Crippen LogP contribution in [0.1, 0.15) is 31.1 Å². The van der Waals surface area contributed by atoms with Crippen molar-refractivity contribution in [2.24, 2.45) is 11.7 Å². The first kappa shape index (κ1) is 14.5. The third kappa shape index (κ3) is 3.54. The highest BCUT2D eigenvalue weighted by Gasteiger charge is 2.27. The number of sulfonamides is 1. The van der Waals surface area contributed by atoms with Crippen molar-refractivity contribution in [3.63, 3.8) is 0 Å². The van der Waals surface area contributed by atoms with Crippen LogP contribution in [0, 0.1) is 5.92 Å². The SMILES string of the molecule is CC(CC1CC1)NS(=O)(=O)c1cc(CN)sc1Br. The molecule has 102 valence electrons. The van der Waals surface area contributed by atoms with E-state index < -0.39 is 10.0 Å². The Labute approximate surface area is 120 Å². The number of hydrogen-bond acceptors (Lipinski definition) is 4. The van der Waals surface area contributed by atoms with Crippen LogP contribution in [-0.4, -0.2) is 14.5 Å². The van der Waals surface area contributed by atoms with E-state index in [4.69, 9.17) is 5.73 Å². The van der Waals surface area contributed by atoms with Gasteiger partial charge in [0.1, 0.15) is 4.90 Å². The Morgan fingerprint density at radius 3 is 2.78 bits per heavy atom. The molecule has 1 fully saturated rings. The van der Waals surface area contributed by atoms with E-state index in [1.807, 2.05) is 6.92 Å². The van der Waals surface area contributed by atoms with E-state index in [1.54, 1.807) is 6.07 Å². The Hall–Kier alpha value is 0.0500. The predicted molar refractivity (Wildman–Crippen MR) is 77.0 cm³/mol. The summed E-state index contributed by atoms with van der Waals surface area (Å²) in [6.07, 6.45) is 3.38. The second kappa shape index (κ2) is 5.58. The van der Waals surface area contributed by atoms with Gasteiger partial charge in [-0.2, -0.15) is 0 Å². The van der Waals surface area contributed by atoms with E-state index in [0.29, 0.717) is 21.1 Å². The molecule has 0 spiro atoms. The minimum absolute atomic E-state index is 0.0179. The molecule has 1 unspecified atom stereocenters. The highest BCUT2D eigenvalue weighted by atomic mass is 79.9. The zero-order valence-electron chi connectivity index (χ0n) is 10.1. The van der Waals surface area contributed by atoms with Gasteiger partial charge in [0, 0.05) is 17.5 Å². The van der Waals surface area contributed by atoms with Crippen molar-refractivity contribution in [3.8, 4) is 0 Å². The van der Waals surface area contributed by atoms with Gasteiger partial charge >= 0.3 is 0 Å². The normalized spacial score (nSPS) is 17.9. The highest BCUT2D eigenvalue weighted by molar-refractivity contribution is 9.11. The van der Waals surface area contributed by atoms with Gasteiger partial charge in [-0.25, -0.2) is 13.1 Å². The number of thiophene rings is 1. The third-order valence-corrected chi connectivity index (χ3v) is 6.80. The summed E-state index contributed by atoms with van der Waals surface area (Å²) < 4.78 is 27.8. The molecule has 1 aromatic rings. The van der Waals surface area contributed by atoms with Crippen LogP contribution in [0.3, 0.4) is 0 Å². The molecule has 0 bridgehead atoms. The fourth-order valence-corrected chi connectivity index (χ4v) is 5.73. The van der Waals surface area contributed by atoms with Crippen molar-refractivity contribution >= 4 is 37.3 Å². The van der Waals surface area contributed by atoms with Gasteiger partial charge in [0.05, 0.1) is 3.79 Å². The van der Waals surface area contributed by atoms with E-state index in [0.717, 1.165) is 11.3 Å². The van der Waals surface area contributed by atoms with Crippen LogP contribution < -0.4 is 10.5 Å². The lowest BCUT2D eigenvalue weighted by atomic mass is 10.2. The van der Waals surface area contributed by atoms with Gasteiger partial charge in [0.15, 0.2) is 0 Å². The summed E-state index contributed by atoms with van der Waals surface area (Å²) in [6.45, 7) is 2.27. The molecule has 1 aliphatic carbocycles. The topological polar surface area (TPSA) is 72.2 Å². The van der Waals surface area contributed by atoms with Crippen LogP contribution in [0.25, 0.3) is 0 Å². The third-order valence-electron chi connectivity index (χ3n) is 2.94. The molecular weight excluding hydrogens is 336 g/mol. The quantitative estimate of drug-likeness (QED) is 0.825. The first-order valence-electron chi connectivity index (χ1n) is 5.93. The Kier molecular flexibility index (Phi) is 4.48. The number of halogens is 1. The molecule has 0 aromatic carbocycles. The van der Waals surface area contributed by atoms with Gasteiger partial charge in [-0.1, -0.05) is 12.8 Å². The fourth-order valence-electron chi connectivity index (χ4n) is 1.91. The zero-order chi connectivity index (χ0) is 13.3. The van der Waals surface area contributed by atoms with Crippen LogP contribution in [-0.2, 0) is 16.6 Å². The average Bonchev–Trinajstić information content (AvgIpc) is 2.97. The minimum atomic E-state index is -3.44. The lowest BCUT2D eigenvalue weighted by molar-refractivity contribution is 0.530. The van der Waals surface area contributed by atoms with Crippen LogP contribution >= 0.6 is 27.3 Å². The Morgan fingerprint density at radius 1 is 1.61 bits per heavy atom. The summed E-state index contributed by atoms with van der Waals surface area (Å²) >= 11 is 4.66. The number of rotatable bonds is 6. The van der Waals surface area contributed by atoms with Crippen LogP contribution in [0.4, 0.5) is 0 Å². The van der Waals surface area contributed by atoms with Gasteiger partial charge in [0.2, 0.25) is 10.0 Å². The lowest BCUT2D eigenvalue weighted by Gasteiger charge is -2.13. The van der Waals surface area contributed by atoms with Crippen LogP contribution in [0.2, 0.25) is 0 Å². The average molecular weight is 353 g/mol. The lowest BCUT2D eigenvalue weighted by Crippen LogP contribution is -2.32. The monoisotopic (exact) mass is 352 g/mol. The molecule has 7 heteroatoms. The Morgan fingerprint density at radius 2 is 2.28 bits per heavy atom. The molecular formula is C11H17BrN2O2S2. The molecule has 2 rings (SSSR count). The first-order valence-corrected chi connectivity index (χ1v) is 9.02. The fraction of sp³-hybridized carbons (Fsp3) is 0.636. The molecule has 0 amide bonds. The Bertz CT molecular complexity index is 523.